The molecule has 28 heavy (non-hydrogen) atoms. The molecule has 5 aromatic rings. The van der Waals surface area contributed by atoms with Gasteiger partial charge >= 0.3 is 0 Å². The third-order valence-electron chi connectivity index (χ3n) is 5.06. The fourth-order valence-electron chi connectivity index (χ4n) is 3.60. The number of nitrogens with two attached hydrogens (primary N) is 1. The number of anilines is 1. The lowest BCUT2D eigenvalue weighted by molar-refractivity contribution is 1.40. The first-order chi connectivity index (χ1) is 13.7. The van der Waals surface area contributed by atoms with E-state index in [1.54, 1.807) is 6.07 Å². The number of fused-ring (bicyclic) bond motifs is 2. The lowest BCUT2D eigenvalue weighted by Gasteiger charge is -2.09. The molecule has 0 saturated heterocycles. The summed E-state index contributed by atoms with van der Waals surface area (Å²) in [5.41, 5.74) is 11.9. The maximum atomic E-state index is 6.14. The zero-order valence-corrected chi connectivity index (χ0v) is 15.8. The number of nitrogen functional groups attached to an aromatic ring is 1. The summed E-state index contributed by atoms with van der Waals surface area (Å²) >= 11 is 6.02. The second kappa shape index (κ2) is 6.66. The maximum absolute atomic E-state index is 6.14. The predicted molar refractivity (Wildman–Crippen MR) is 120 cm³/mol. The Morgan fingerprint density at radius 1 is 0.643 bits per heavy atom. The van der Waals surface area contributed by atoms with E-state index in [1.807, 2.05) is 18.2 Å². The minimum Gasteiger partial charge on any atom is -0.398 e. The van der Waals surface area contributed by atoms with Gasteiger partial charge in [0, 0.05) is 27.2 Å². The van der Waals surface area contributed by atoms with Crippen LogP contribution < -0.4 is 5.73 Å². The Labute approximate surface area is 168 Å². The molecule has 1 aromatic heterocycles. The summed E-state index contributed by atoms with van der Waals surface area (Å²) in [5, 5.41) is 4.17. The van der Waals surface area contributed by atoms with Gasteiger partial charge in [-0.05, 0) is 52.7 Å². The van der Waals surface area contributed by atoms with E-state index in [2.05, 4.69) is 66.7 Å². The van der Waals surface area contributed by atoms with Crippen LogP contribution in [0.15, 0.2) is 91.0 Å². The van der Waals surface area contributed by atoms with Gasteiger partial charge in [0.2, 0.25) is 0 Å². The van der Waals surface area contributed by atoms with Crippen LogP contribution in [0.2, 0.25) is 5.02 Å². The molecular formula is C25H17ClN2. The lowest BCUT2D eigenvalue weighted by atomic mass is 10.0. The van der Waals surface area contributed by atoms with Gasteiger partial charge in [0.15, 0.2) is 0 Å². The third kappa shape index (κ3) is 2.98. The van der Waals surface area contributed by atoms with Crippen molar-refractivity contribution >= 4 is 39.0 Å². The summed E-state index contributed by atoms with van der Waals surface area (Å²) in [5.74, 6) is 0. The van der Waals surface area contributed by atoms with Crippen molar-refractivity contribution in [3.63, 3.8) is 0 Å². The fraction of sp³-hybridized carbons (Fsp3) is 0. The van der Waals surface area contributed by atoms with Gasteiger partial charge in [-0.2, -0.15) is 0 Å². The summed E-state index contributed by atoms with van der Waals surface area (Å²) < 4.78 is 0. The molecule has 4 aromatic carbocycles. The highest BCUT2D eigenvalue weighted by Gasteiger charge is 2.07. The largest absolute Gasteiger partial charge is 0.398 e. The molecule has 0 atom stereocenters. The first-order valence-electron chi connectivity index (χ1n) is 9.13. The molecule has 0 aliphatic rings. The molecule has 3 heteroatoms. The van der Waals surface area contributed by atoms with Crippen LogP contribution >= 0.6 is 11.6 Å². The van der Waals surface area contributed by atoms with Crippen LogP contribution in [0.4, 0.5) is 5.69 Å². The molecule has 2 N–H and O–H groups in total. The van der Waals surface area contributed by atoms with Gasteiger partial charge in [-0.1, -0.05) is 66.2 Å². The topological polar surface area (TPSA) is 38.9 Å². The lowest BCUT2D eigenvalue weighted by Crippen LogP contribution is -1.91. The average molecular weight is 381 g/mol. The molecule has 5 rings (SSSR count). The SMILES string of the molecule is Nc1cc(Cl)ccc1-c1ccc2nc(-c3ccc4ccccc4c3)ccc2c1. The number of halogens is 1. The average Bonchev–Trinajstić information content (AvgIpc) is 2.73. The van der Waals surface area contributed by atoms with Crippen LogP contribution in [0, 0.1) is 0 Å². The van der Waals surface area contributed by atoms with Crippen molar-refractivity contribution < 1.29 is 0 Å². The molecule has 0 bridgehead atoms. The Balaban J connectivity index is 1.58. The minimum absolute atomic E-state index is 0.642. The highest BCUT2D eigenvalue weighted by atomic mass is 35.5. The number of rotatable bonds is 2. The Bertz CT molecular complexity index is 1340. The molecule has 0 aliphatic heterocycles. The van der Waals surface area contributed by atoms with Crippen molar-refractivity contribution in [3.05, 3.63) is 96.0 Å². The second-order valence-electron chi connectivity index (χ2n) is 6.90. The summed E-state index contributed by atoms with van der Waals surface area (Å²) in [6, 6.07) is 30.8. The van der Waals surface area contributed by atoms with Crippen LogP contribution in [-0.4, -0.2) is 4.98 Å². The number of pyridine rings is 1. The van der Waals surface area contributed by atoms with E-state index >= 15 is 0 Å². The first-order valence-corrected chi connectivity index (χ1v) is 9.50. The Hall–Kier alpha value is -3.36. The van der Waals surface area contributed by atoms with E-state index in [4.69, 9.17) is 22.3 Å². The number of nitrogens with zero attached hydrogens (tertiary/aromatic N) is 1. The standard InChI is InChI=1S/C25H17ClN2/c26-21-9-10-22(23(27)15-21)18-7-11-24-20(14-18)8-12-25(28-24)19-6-5-16-3-1-2-4-17(16)13-19/h1-15H,27H2. The van der Waals surface area contributed by atoms with Crippen LogP contribution in [0.5, 0.6) is 0 Å². The van der Waals surface area contributed by atoms with Crippen molar-refractivity contribution in [1.82, 2.24) is 4.98 Å². The van der Waals surface area contributed by atoms with Crippen molar-refractivity contribution in [2.45, 2.75) is 0 Å². The van der Waals surface area contributed by atoms with E-state index in [0.717, 1.165) is 33.3 Å². The van der Waals surface area contributed by atoms with Crippen LogP contribution in [0.3, 0.4) is 0 Å². The van der Waals surface area contributed by atoms with E-state index in [-0.39, 0.29) is 0 Å². The van der Waals surface area contributed by atoms with E-state index in [9.17, 15) is 0 Å². The van der Waals surface area contributed by atoms with Gasteiger partial charge in [0.1, 0.15) is 0 Å². The van der Waals surface area contributed by atoms with Crippen LogP contribution in [-0.2, 0) is 0 Å². The Morgan fingerprint density at radius 2 is 1.39 bits per heavy atom. The molecule has 134 valence electrons. The zero-order chi connectivity index (χ0) is 19.1. The van der Waals surface area contributed by atoms with Crippen molar-refractivity contribution in [3.8, 4) is 22.4 Å². The number of benzene rings is 4. The normalized spacial score (nSPS) is 11.2. The zero-order valence-electron chi connectivity index (χ0n) is 15.1. The summed E-state index contributed by atoms with van der Waals surface area (Å²) in [4.78, 5) is 4.87. The van der Waals surface area contributed by atoms with Gasteiger partial charge in [-0.15, -0.1) is 0 Å². The smallest absolute Gasteiger partial charge is 0.0709 e. The fourth-order valence-corrected chi connectivity index (χ4v) is 3.78. The van der Waals surface area contributed by atoms with E-state index < -0.39 is 0 Å². The van der Waals surface area contributed by atoms with Crippen molar-refractivity contribution in [2.75, 3.05) is 5.73 Å². The molecule has 0 aliphatic carbocycles. The van der Waals surface area contributed by atoms with Crippen LogP contribution in [0.1, 0.15) is 0 Å². The van der Waals surface area contributed by atoms with Gasteiger partial charge in [0.05, 0.1) is 11.2 Å². The minimum atomic E-state index is 0.642. The van der Waals surface area contributed by atoms with Gasteiger partial charge in [-0.3, -0.25) is 0 Å². The van der Waals surface area contributed by atoms with Crippen LogP contribution in [0.25, 0.3) is 44.1 Å². The molecular weight excluding hydrogens is 364 g/mol. The summed E-state index contributed by atoms with van der Waals surface area (Å²) in [7, 11) is 0. The van der Waals surface area contributed by atoms with E-state index in [0.29, 0.717) is 10.7 Å². The summed E-state index contributed by atoms with van der Waals surface area (Å²) in [6.07, 6.45) is 0. The maximum Gasteiger partial charge on any atom is 0.0709 e. The summed E-state index contributed by atoms with van der Waals surface area (Å²) in [6.45, 7) is 0. The molecule has 0 saturated carbocycles. The molecule has 0 fully saturated rings. The Morgan fingerprint density at radius 3 is 2.25 bits per heavy atom. The monoisotopic (exact) mass is 380 g/mol. The Kier molecular flexibility index (Phi) is 4.00. The number of aromatic nitrogens is 1. The van der Waals surface area contributed by atoms with Crippen molar-refractivity contribution in [2.24, 2.45) is 0 Å². The van der Waals surface area contributed by atoms with Gasteiger partial charge in [-0.25, -0.2) is 4.98 Å². The predicted octanol–water partition coefficient (Wildman–Crippen LogP) is 6.96. The van der Waals surface area contributed by atoms with E-state index in [1.165, 1.54) is 10.8 Å². The highest BCUT2D eigenvalue weighted by molar-refractivity contribution is 6.31. The molecule has 1 heterocycles. The second-order valence-corrected chi connectivity index (χ2v) is 7.33. The third-order valence-corrected chi connectivity index (χ3v) is 5.29. The molecule has 0 spiro atoms. The molecule has 2 nitrogen and oxygen atoms in total. The molecule has 0 unspecified atom stereocenters. The van der Waals surface area contributed by atoms with Gasteiger partial charge in [0.25, 0.3) is 0 Å². The molecule has 0 radical (unpaired) electrons. The quantitative estimate of drug-likeness (QED) is 0.336. The van der Waals surface area contributed by atoms with Gasteiger partial charge < -0.3 is 5.73 Å². The first kappa shape index (κ1) is 16.8. The highest BCUT2D eigenvalue weighted by Crippen LogP contribution is 2.31. The number of hydrogen-bond acceptors (Lipinski definition) is 2. The number of hydrogen-bond donors (Lipinski definition) is 1. The van der Waals surface area contributed by atoms with Crippen molar-refractivity contribution in [1.29, 1.82) is 0 Å². The molecule has 0 amide bonds.